The molecule has 0 saturated carbocycles. The monoisotopic (exact) mass is 343 g/mol. The summed E-state index contributed by atoms with van der Waals surface area (Å²) in [5, 5.41) is 2.99. The predicted molar refractivity (Wildman–Crippen MR) is 97.1 cm³/mol. The summed E-state index contributed by atoms with van der Waals surface area (Å²) >= 11 is 0. The van der Waals surface area contributed by atoms with E-state index in [-0.39, 0.29) is 5.91 Å². The molecule has 1 fully saturated rings. The van der Waals surface area contributed by atoms with Gasteiger partial charge in [0.05, 0.1) is 13.2 Å². The molecule has 3 rings (SSSR count). The molecule has 0 aliphatic carbocycles. The Balaban J connectivity index is 1.55. The molecule has 1 aliphatic rings. The third-order valence-electron chi connectivity index (χ3n) is 4.46. The van der Waals surface area contributed by atoms with Gasteiger partial charge in [0.25, 0.3) is 0 Å². The molecule has 0 spiro atoms. The molecule has 1 unspecified atom stereocenters. The first-order chi connectivity index (χ1) is 12.1. The summed E-state index contributed by atoms with van der Waals surface area (Å²) in [5.74, 6) is 0.755. The van der Waals surface area contributed by atoms with E-state index in [0.717, 1.165) is 37.4 Å². The van der Waals surface area contributed by atoms with Crippen LogP contribution in [0.4, 0.5) is 0 Å². The van der Waals surface area contributed by atoms with Crippen LogP contribution in [0.1, 0.15) is 19.7 Å². The molecule has 134 valence electrons. The second kappa shape index (κ2) is 8.27. The Labute approximate surface area is 147 Å². The molecular weight excluding hydrogens is 318 g/mol. The van der Waals surface area contributed by atoms with Crippen molar-refractivity contribution in [1.82, 2.24) is 15.2 Å². The first-order valence-electron chi connectivity index (χ1n) is 8.77. The summed E-state index contributed by atoms with van der Waals surface area (Å²) in [7, 11) is 0. The lowest BCUT2D eigenvalue weighted by Gasteiger charge is -2.36. The fourth-order valence-corrected chi connectivity index (χ4v) is 3.07. The van der Waals surface area contributed by atoms with Gasteiger partial charge in [-0.15, -0.1) is 0 Å². The van der Waals surface area contributed by atoms with Gasteiger partial charge in [-0.05, 0) is 18.1 Å². The molecule has 6 nitrogen and oxygen atoms in total. The molecule has 25 heavy (non-hydrogen) atoms. The molecule has 2 heterocycles. The van der Waals surface area contributed by atoms with Crippen LogP contribution in [-0.2, 0) is 9.53 Å². The number of ether oxygens (including phenoxy) is 1. The lowest BCUT2D eigenvalue weighted by molar-refractivity contribution is -0.116. The second-order valence-electron chi connectivity index (χ2n) is 6.56. The molecule has 0 radical (unpaired) electrons. The second-order valence-corrected chi connectivity index (χ2v) is 6.56. The average molecular weight is 343 g/mol. The van der Waals surface area contributed by atoms with E-state index in [1.807, 2.05) is 24.3 Å². The predicted octanol–water partition coefficient (Wildman–Crippen LogP) is 2.31. The normalized spacial score (nSPS) is 17.4. The van der Waals surface area contributed by atoms with Gasteiger partial charge in [-0.3, -0.25) is 9.69 Å². The maximum Gasteiger partial charge on any atom is 0.244 e. The Hall–Kier alpha value is -2.18. The molecule has 1 atom stereocenters. The third-order valence-corrected chi connectivity index (χ3v) is 4.46. The number of amides is 1. The van der Waals surface area contributed by atoms with E-state index < -0.39 is 0 Å². The minimum atomic E-state index is -0.138. The Morgan fingerprint density at radius 1 is 1.32 bits per heavy atom. The molecule has 1 amide bonds. The number of para-hydroxylation sites is 2. The zero-order chi connectivity index (χ0) is 17.6. The van der Waals surface area contributed by atoms with E-state index in [0.29, 0.717) is 24.4 Å². The van der Waals surface area contributed by atoms with Crippen LogP contribution in [0.2, 0.25) is 0 Å². The van der Waals surface area contributed by atoms with E-state index in [4.69, 9.17) is 9.15 Å². The van der Waals surface area contributed by atoms with Gasteiger partial charge in [0.1, 0.15) is 5.52 Å². The van der Waals surface area contributed by atoms with Gasteiger partial charge in [-0.25, -0.2) is 4.98 Å². The summed E-state index contributed by atoms with van der Waals surface area (Å²) < 4.78 is 11.0. The standard InChI is InChI=1S/C19H25N3O3/c1-14(2)16(22-9-11-24-12-10-22)13-20-18(23)7-8-19-21-15-5-3-4-6-17(15)25-19/h3-8,14,16H,9-13H2,1-2H3,(H,20,23)/b8-7+. The Morgan fingerprint density at radius 3 is 2.80 bits per heavy atom. The highest BCUT2D eigenvalue weighted by Crippen LogP contribution is 2.15. The maximum absolute atomic E-state index is 12.1. The van der Waals surface area contributed by atoms with Crippen molar-refractivity contribution in [3.8, 4) is 0 Å². The van der Waals surface area contributed by atoms with Crippen LogP contribution in [0.15, 0.2) is 34.8 Å². The molecule has 0 bridgehead atoms. The molecule has 6 heteroatoms. The Morgan fingerprint density at radius 2 is 2.08 bits per heavy atom. The molecular formula is C19H25N3O3. The number of morpholine rings is 1. The van der Waals surface area contributed by atoms with Gasteiger partial charge in [0.15, 0.2) is 5.58 Å². The highest BCUT2D eigenvalue weighted by atomic mass is 16.5. The van der Waals surface area contributed by atoms with Gasteiger partial charge < -0.3 is 14.5 Å². The summed E-state index contributed by atoms with van der Waals surface area (Å²) in [6.45, 7) is 8.33. The molecule has 1 saturated heterocycles. The van der Waals surface area contributed by atoms with Crippen LogP contribution < -0.4 is 5.32 Å². The number of nitrogens with zero attached hydrogens (tertiary/aromatic N) is 2. The fraction of sp³-hybridized carbons (Fsp3) is 0.474. The van der Waals surface area contributed by atoms with Crippen molar-refractivity contribution in [2.24, 2.45) is 5.92 Å². The number of hydrogen-bond donors (Lipinski definition) is 1. The third kappa shape index (κ3) is 4.67. The maximum atomic E-state index is 12.1. The number of rotatable bonds is 6. The van der Waals surface area contributed by atoms with Gasteiger partial charge >= 0.3 is 0 Å². The fourth-order valence-electron chi connectivity index (χ4n) is 3.07. The highest BCUT2D eigenvalue weighted by Gasteiger charge is 2.23. The van der Waals surface area contributed by atoms with E-state index >= 15 is 0 Å². The van der Waals surface area contributed by atoms with Crippen LogP contribution >= 0.6 is 0 Å². The topological polar surface area (TPSA) is 67.6 Å². The smallest absolute Gasteiger partial charge is 0.244 e. The number of oxazole rings is 1. The lowest BCUT2D eigenvalue weighted by atomic mass is 10.0. The van der Waals surface area contributed by atoms with Crippen LogP contribution in [-0.4, -0.2) is 54.7 Å². The number of fused-ring (bicyclic) bond motifs is 1. The lowest BCUT2D eigenvalue weighted by Crippen LogP contribution is -2.51. The largest absolute Gasteiger partial charge is 0.437 e. The van der Waals surface area contributed by atoms with Crippen LogP contribution in [0.3, 0.4) is 0 Å². The minimum Gasteiger partial charge on any atom is -0.437 e. The van der Waals surface area contributed by atoms with Crippen molar-refractivity contribution in [3.63, 3.8) is 0 Å². The number of nitrogens with one attached hydrogen (secondary N) is 1. The SMILES string of the molecule is CC(C)C(CNC(=O)/C=C/c1nc2ccccc2o1)N1CCOCC1. The highest BCUT2D eigenvalue weighted by molar-refractivity contribution is 5.91. The van der Waals surface area contributed by atoms with Crippen LogP contribution in [0.5, 0.6) is 0 Å². The number of aromatic nitrogens is 1. The van der Waals surface area contributed by atoms with Crippen molar-refractivity contribution >= 4 is 23.1 Å². The van der Waals surface area contributed by atoms with Crippen molar-refractivity contribution < 1.29 is 13.9 Å². The first kappa shape index (κ1) is 17.6. The minimum absolute atomic E-state index is 0.138. The first-order valence-corrected chi connectivity index (χ1v) is 8.77. The van der Waals surface area contributed by atoms with E-state index in [1.165, 1.54) is 6.08 Å². The summed E-state index contributed by atoms with van der Waals surface area (Å²) in [6.07, 6.45) is 3.08. The van der Waals surface area contributed by atoms with Crippen molar-refractivity contribution in [2.45, 2.75) is 19.9 Å². The van der Waals surface area contributed by atoms with Gasteiger partial charge in [-0.1, -0.05) is 26.0 Å². The number of carbonyl (C=O) groups is 1. The van der Waals surface area contributed by atoms with E-state index in [2.05, 4.69) is 29.0 Å². The summed E-state index contributed by atoms with van der Waals surface area (Å²) in [4.78, 5) is 18.8. The molecule has 1 aliphatic heterocycles. The Bertz CT molecular complexity index is 699. The van der Waals surface area contributed by atoms with E-state index in [9.17, 15) is 4.79 Å². The molecule has 1 N–H and O–H groups in total. The van der Waals surface area contributed by atoms with E-state index in [1.54, 1.807) is 6.08 Å². The van der Waals surface area contributed by atoms with Crippen LogP contribution in [0, 0.1) is 5.92 Å². The zero-order valence-corrected chi connectivity index (χ0v) is 14.8. The van der Waals surface area contributed by atoms with Crippen molar-refractivity contribution in [2.75, 3.05) is 32.8 Å². The number of benzene rings is 1. The van der Waals surface area contributed by atoms with Crippen molar-refractivity contribution in [1.29, 1.82) is 0 Å². The average Bonchev–Trinajstić information content (AvgIpc) is 3.04. The van der Waals surface area contributed by atoms with Gasteiger partial charge in [-0.2, -0.15) is 0 Å². The molecule has 1 aromatic carbocycles. The molecule has 1 aromatic heterocycles. The van der Waals surface area contributed by atoms with Crippen LogP contribution in [0.25, 0.3) is 17.2 Å². The number of hydrogen-bond acceptors (Lipinski definition) is 5. The number of carbonyl (C=O) groups excluding carboxylic acids is 1. The zero-order valence-electron chi connectivity index (χ0n) is 14.8. The quantitative estimate of drug-likeness (QED) is 0.815. The van der Waals surface area contributed by atoms with Gasteiger partial charge in [0, 0.05) is 37.8 Å². The molecule has 2 aromatic rings. The summed E-state index contributed by atoms with van der Waals surface area (Å²) in [6, 6.07) is 7.85. The summed E-state index contributed by atoms with van der Waals surface area (Å²) in [5.41, 5.74) is 1.50. The Kier molecular flexibility index (Phi) is 5.83. The van der Waals surface area contributed by atoms with Gasteiger partial charge in [0.2, 0.25) is 11.8 Å². The van der Waals surface area contributed by atoms with Crippen molar-refractivity contribution in [3.05, 3.63) is 36.2 Å².